The lowest BCUT2D eigenvalue weighted by Crippen LogP contribution is -2.13. The van der Waals surface area contributed by atoms with Crippen molar-refractivity contribution in [2.24, 2.45) is 10.9 Å². The first-order valence-corrected chi connectivity index (χ1v) is 7.79. The minimum atomic E-state index is -0.572. The van der Waals surface area contributed by atoms with Gasteiger partial charge in [-0.25, -0.2) is 9.37 Å². The van der Waals surface area contributed by atoms with Crippen molar-refractivity contribution in [3.05, 3.63) is 42.1 Å². The van der Waals surface area contributed by atoms with Crippen LogP contribution in [0.4, 0.5) is 15.9 Å². The molecule has 0 aliphatic heterocycles. The highest BCUT2D eigenvalue weighted by Crippen LogP contribution is 2.29. The summed E-state index contributed by atoms with van der Waals surface area (Å²) in [7, 11) is 1.53. The van der Waals surface area contributed by atoms with Gasteiger partial charge in [0.15, 0.2) is 11.6 Å². The summed E-state index contributed by atoms with van der Waals surface area (Å²) < 4.78 is 19.2. The number of carbonyl (C=O) groups excluding carboxylic acids is 1. The van der Waals surface area contributed by atoms with Crippen LogP contribution in [0.5, 0.6) is 5.75 Å². The van der Waals surface area contributed by atoms with Crippen molar-refractivity contribution >= 4 is 29.4 Å². The van der Waals surface area contributed by atoms with Gasteiger partial charge in [-0.05, 0) is 31.1 Å². The summed E-state index contributed by atoms with van der Waals surface area (Å²) in [5.41, 5.74) is 5.81. The number of hydrogen-bond acceptors (Lipinski definition) is 5. The molecule has 0 bridgehead atoms. The molecule has 0 atom stereocenters. The average molecular weight is 343 g/mol. The minimum absolute atomic E-state index is 0.00264. The Morgan fingerprint density at radius 3 is 3.00 bits per heavy atom. The molecule has 1 heterocycles. The van der Waals surface area contributed by atoms with E-state index >= 15 is 0 Å². The molecule has 1 aliphatic rings. The van der Waals surface area contributed by atoms with E-state index in [4.69, 9.17) is 10.5 Å². The molecular weight excluding hydrogens is 325 g/mol. The molecule has 1 aromatic carbocycles. The number of imidazole rings is 1. The van der Waals surface area contributed by atoms with Gasteiger partial charge >= 0.3 is 0 Å². The van der Waals surface area contributed by atoms with Crippen LogP contribution >= 0.6 is 0 Å². The highest BCUT2D eigenvalue weighted by atomic mass is 19.1. The summed E-state index contributed by atoms with van der Waals surface area (Å²) in [5, 5.41) is 2.76. The zero-order valence-corrected chi connectivity index (χ0v) is 13.6. The summed E-state index contributed by atoms with van der Waals surface area (Å²) in [5.74, 6) is 0.796. The fourth-order valence-corrected chi connectivity index (χ4v) is 2.08. The number of nitrogen functional groups attached to an aromatic ring is 1. The van der Waals surface area contributed by atoms with Crippen molar-refractivity contribution in [1.29, 1.82) is 0 Å². The lowest BCUT2D eigenvalue weighted by molar-refractivity contribution is -0.117. The van der Waals surface area contributed by atoms with Crippen LogP contribution in [0.3, 0.4) is 0 Å². The quantitative estimate of drug-likeness (QED) is 0.441. The van der Waals surface area contributed by atoms with E-state index in [0.29, 0.717) is 17.3 Å². The number of nitrogens with zero attached hydrogens (tertiary/aromatic N) is 2. The second-order valence-corrected chi connectivity index (χ2v) is 5.63. The predicted octanol–water partition coefficient (Wildman–Crippen LogP) is 2.60. The number of aromatic nitrogens is 2. The topological polar surface area (TPSA) is 105 Å². The Hall–Kier alpha value is -3.16. The van der Waals surface area contributed by atoms with Crippen molar-refractivity contribution in [2.45, 2.75) is 12.8 Å². The molecule has 3 rings (SSSR count). The Bertz CT molecular complexity index is 839. The van der Waals surface area contributed by atoms with Crippen LogP contribution in [-0.2, 0) is 4.79 Å². The number of amides is 1. The number of nitrogens with two attached hydrogens (primary N) is 1. The van der Waals surface area contributed by atoms with E-state index in [1.807, 2.05) is 0 Å². The number of halogens is 1. The Labute approximate surface area is 143 Å². The van der Waals surface area contributed by atoms with Gasteiger partial charge in [0.05, 0.1) is 6.20 Å². The van der Waals surface area contributed by atoms with Gasteiger partial charge in [0, 0.05) is 30.8 Å². The highest BCUT2D eigenvalue weighted by Gasteiger charge is 2.29. The molecule has 0 radical (unpaired) electrons. The molecule has 0 unspecified atom stereocenters. The molecule has 8 heteroatoms. The SMILES string of the molecule is CN=C(/C=C\c1ncc(NC(=O)C2CC2)[nH]1)Oc1ccc(N)cc1F. The maximum absolute atomic E-state index is 13.8. The largest absolute Gasteiger partial charge is 0.436 e. The van der Waals surface area contributed by atoms with Gasteiger partial charge in [0.25, 0.3) is 0 Å². The summed E-state index contributed by atoms with van der Waals surface area (Å²) in [6, 6.07) is 4.15. The first-order chi connectivity index (χ1) is 12.0. The maximum Gasteiger partial charge on any atom is 0.228 e. The molecule has 1 amide bonds. The van der Waals surface area contributed by atoms with Crippen molar-refractivity contribution in [3.8, 4) is 5.75 Å². The van der Waals surface area contributed by atoms with Gasteiger partial charge in [0.2, 0.25) is 11.8 Å². The Balaban J connectivity index is 1.63. The summed E-state index contributed by atoms with van der Waals surface area (Å²) in [4.78, 5) is 22.7. The molecule has 2 aromatic rings. The lowest BCUT2D eigenvalue weighted by Gasteiger charge is -2.06. The number of H-pyrrole nitrogens is 1. The smallest absolute Gasteiger partial charge is 0.228 e. The molecule has 0 spiro atoms. The normalized spacial score (nSPS) is 14.7. The van der Waals surface area contributed by atoms with Crippen LogP contribution in [-0.4, -0.2) is 28.8 Å². The van der Waals surface area contributed by atoms with Crippen LogP contribution < -0.4 is 15.8 Å². The van der Waals surface area contributed by atoms with E-state index in [2.05, 4.69) is 20.3 Å². The van der Waals surface area contributed by atoms with E-state index in [1.54, 1.807) is 12.2 Å². The standard InChI is InChI=1S/C17H18FN5O2/c1-20-16(25-13-5-4-11(19)8-12(13)18)7-6-14-21-9-15(22-14)23-17(24)10-2-3-10/h4-10H,2-3,19H2,1H3,(H,21,22)(H,23,24)/b7-6-,20-16?. The van der Waals surface area contributed by atoms with Gasteiger partial charge in [-0.1, -0.05) is 0 Å². The third-order valence-electron chi connectivity index (χ3n) is 3.58. The van der Waals surface area contributed by atoms with Crippen LogP contribution in [0, 0.1) is 11.7 Å². The molecule has 0 saturated heterocycles. The molecule has 1 aromatic heterocycles. The van der Waals surface area contributed by atoms with Crippen LogP contribution in [0.15, 0.2) is 35.5 Å². The number of benzene rings is 1. The fourth-order valence-electron chi connectivity index (χ4n) is 2.08. The minimum Gasteiger partial charge on any atom is -0.436 e. The third-order valence-corrected chi connectivity index (χ3v) is 3.58. The molecule has 1 fully saturated rings. The number of ether oxygens (including phenoxy) is 1. The summed E-state index contributed by atoms with van der Waals surface area (Å²) >= 11 is 0. The van der Waals surface area contributed by atoms with E-state index in [1.165, 1.54) is 31.4 Å². The number of aliphatic imine (C=N–C) groups is 1. The van der Waals surface area contributed by atoms with Crippen LogP contribution in [0.1, 0.15) is 18.7 Å². The molecule has 130 valence electrons. The van der Waals surface area contributed by atoms with Crippen molar-refractivity contribution < 1.29 is 13.9 Å². The van der Waals surface area contributed by atoms with Crippen LogP contribution in [0.2, 0.25) is 0 Å². The van der Waals surface area contributed by atoms with Crippen molar-refractivity contribution in [1.82, 2.24) is 9.97 Å². The molecule has 1 saturated carbocycles. The monoisotopic (exact) mass is 343 g/mol. The van der Waals surface area contributed by atoms with E-state index in [9.17, 15) is 9.18 Å². The van der Waals surface area contributed by atoms with Gasteiger partial charge < -0.3 is 20.8 Å². The molecular formula is C17H18FN5O2. The molecule has 4 N–H and O–H groups in total. The van der Waals surface area contributed by atoms with Gasteiger partial charge in [-0.15, -0.1) is 0 Å². The van der Waals surface area contributed by atoms with Gasteiger partial charge in [-0.2, -0.15) is 0 Å². The fraction of sp³-hybridized carbons (Fsp3) is 0.235. The zero-order valence-electron chi connectivity index (χ0n) is 13.6. The van der Waals surface area contributed by atoms with E-state index in [-0.39, 0.29) is 23.5 Å². The number of carbonyl (C=O) groups is 1. The Morgan fingerprint density at radius 1 is 1.52 bits per heavy atom. The molecule has 25 heavy (non-hydrogen) atoms. The van der Waals surface area contributed by atoms with Crippen molar-refractivity contribution in [2.75, 3.05) is 18.1 Å². The second kappa shape index (κ2) is 7.16. The number of anilines is 2. The van der Waals surface area contributed by atoms with Crippen molar-refractivity contribution in [3.63, 3.8) is 0 Å². The third kappa shape index (κ3) is 4.43. The lowest BCUT2D eigenvalue weighted by atomic mass is 10.3. The van der Waals surface area contributed by atoms with E-state index < -0.39 is 5.82 Å². The van der Waals surface area contributed by atoms with Gasteiger partial charge in [0.1, 0.15) is 11.6 Å². The molecule has 1 aliphatic carbocycles. The predicted molar refractivity (Wildman–Crippen MR) is 93.8 cm³/mol. The highest BCUT2D eigenvalue weighted by molar-refractivity contribution is 5.94. The first-order valence-electron chi connectivity index (χ1n) is 7.79. The Kier molecular flexibility index (Phi) is 4.78. The number of aromatic amines is 1. The van der Waals surface area contributed by atoms with Gasteiger partial charge in [-0.3, -0.25) is 9.79 Å². The number of hydrogen-bond donors (Lipinski definition) is 3. The summed E-state index contributed by atoms with van der Waals surface area (Å²) in [6.45, 7) is 0. The van der Waals surface area contributed by atoms with E-state index in [0.717, 1.165) is 12.8 Å². The maximum atomic E-state index is 13.8. The second-order valence-electron chi connectivity index (χ2n) is 5.63. The zero-order chi connectivity index (χ0) is 17.8. The summed E-state index contributed by atoms with van der Waals surface area (Å²) in [6.07, 6.45) is 6.55. The molecule has 7 nitrogen and oxygen atoms in total. The number of rotatable bonds is 5. The first kappa shape index (κ1) is 16.7. The van der Waals surface area contributed by atoms with Crippen LogP contribution in [0.25, 0.3) is 6.08 Å². The Morgan fingerprint density at radius 2 is 2.32 bits per heavy atom. The number of nitrogens with one attached hydrogen (secondary N) is 2. The average Bonchev–Trinajstić information content (AvgIpc) is 3.35.